The van der Waals surface area contributed by atoms with Gasteiger partial charge in [0.15, 0.2) is 11.5 Å². The van der Waals surface area contributed by atoms with Gasteiger partial charge in [-0.05, 0) is 37.6 Å². The molecule has 27 heavy (non-hydrogen) atoms. The molecule has 7 heteroatoms. The maximum Gasteiger partial charge on any atom is 0.165 e. The topological polar surface area (TPSA) is 75.1 Å². The van der Waals surface area contributed by atoms with Crippen molar-refractivity contribution in [2.24, 2.45) is 4.99 Å². The lowest BCUT2D eigenvalue weighted by atomic mass is 10.2. The van der Waals surface area contributed by atoms with Crippen LogP contribution < -0.4 is 10.6 Å². The van der Waals surface area contributed by atoms with Crippen LogP contribution in [0.15, 0.2) is 60.0 Å². The number of nitrogens with one attached hydrogen (secondary N) is 2. The smallest absolute Gasteiger partial charge is 0.165 e. The third-order valence-corrected chi connectivity index (χ3v) is 4.09. The van der Waals surface area contributed by atoms with E-state index < -0.39 is 0 Å². The SMILES string of the molecule is C=C(NC(C)=NCCC)Nc1nc(-c2ccccc2Cl)nc2ncccc12. The van der Waals surface area contributed by atoms with Crippen LogP contribution in [0.4, 0.5) is 5.82 Å². The summed E-state index contributed by atoms with van der Waals surface area (Å²) in [7, 11) is 0. The van der Waals surface area contributed by atoms with Gasteiger partial charge in [-0.25, -0.2) is 15.0 Å². The van der Waals surface area contributed by atoms with Gasteiger partial charge in [0.25, 0.3) is 0 Å². The Morgan fingerprint density at radius 2 is 2.00 bits per heavy atom. The molecule has 0 atom stereocenters. The number of nitrogens with zero attached hydrogens (tertiary/aromatic N) is 4. The number of amidine groups is 1. The summed E-state index contributed by atoms with van der Waals surface area (Å²) in [6.45, 7) is 8.77. The van der Waals surface area contributed by atoms with E-state index in [9.17, 15) is 0 Å². The second kappa shape index (κ2) is 8.60. The summed E-state index contributed by atoms with van der Waals surface area (Å²) in [5.41, 5.74) is 1.32. The molecule has 0 saturated carbocycles. The van der Waals surface area contributed by atoms with Crippen molar-refractivity contribution in [3.63, 3.8) is 0 Å². The number of benzene rings is 1. The largest absolute Gasteiger partial charge is 0.331 e. The van der Waals surface area contributed by atoms with Gasteiger partial charge in [0.05, 0.1) is 16.2 Å². The first kappa shape index (κ1) is 18.8. The number of pyridine rings is 1. The highest BCUT2D eigenvalue weighted by Crippen LogP contribution is 2.28. The Bertz CT molecular complexity index is 999. The molecule has 0 amide bonds. The summed E-state index contributed by atoms with van der Waals surface area (Å²) >= 11 is 6.32. The zero-order valence-electron chi connectivity index (χ0n) is 15.3. The van der Waals surface area contributed by atoms with E-state index in [4.69, 9.17) is 11.6 Å². The zero-order valence-corrected chi connectivity index (χ0v) is 16.1. The molecule has 3 rings (SSSR count). The monoisotopic (exact) mass is 380 g/mol. The molecule has 2 heterocycles. The Morgan fingerprint density at radius 1 is 1.19 bits per heavy atom. The lowest BCUT2D eigenvalue weighted by Crippen LogP contribution is -2.24. The molecule has 0 unspecified atom stereocenters. The fraction of sp³-hybridized carbons (Fsp3) is 0.200. The van der Waals surface area contributed by atoms with Gasteiger partial charge in [-0.3, -0.25) is 4.99 Å². The average Bonchev–Trinajstić information content (AvgIpc) is 2.66. The van der Waals surface area contributed by atoms with E-state index >= 15 is 0 Å². The quantitative estimate of drug-likeness (QED) is 0.481. The third kappa shape index (κ3) is 4.60. The Labute approximate surface area is 163 Å². The summed E-state index contributed by atoms with van der Waals surface area (Å²) < 4.78 is 0. The van der Waals surface area contributed by atoms with Gasteiger partial charge in [-0.15, -0.1) is 0 Å². The first-order valence-electron chi connectivity index (χ1n) is 8.70. The predicted molar refractivity (Wildman–Crippen MR) is 112 cm³/mol. The zero-order chi connectivity index (χ0) is 19.2. The number of aliphatic imine (C=N–C) groups is 1. The Kier molecular flexibility index (Phi) is 5.98. The standard InChI is InChI=1S/C20H21ClN6/c1-4-11-22-13(2)24-14(3)25-20-16-9-7-12-23-18(16)26-19(27-20)15-8-5-6-10-17(15)21/h5-10,12H,3-4,11H2,1-2H3,(H,22,24)(H,23,25,26,27). The van der Waals surface area contributed by atoms with Crippen molar-refractivity contribution in [1.82, 2.24) is 20.3 Å². The van der Waals surface area contributed by atoms with Crippen molar-refractivity contribution in [2.75, 3.05) is 11.9 Å². The van der Waals surface area contributed by atoms with Crippen LogP contribution in [0, 0.1) is 0 Å². The van der Waals surface area contributed by atoms with Gasteiger partial charge < -0.3 is 10.6 Å². The molecule has 3 aromatic rings. The summed E-state index contributed by atoms with van der Waals surface area (Å²) in [4.78, 5) is 18.0. The van der Waals surface area contributed by atoms with Crippen molar-refractivity contribution >= 4 is 34.3 Å². The number of hydrogen-bond donors (Lipinski definition) is 2. The Morgan fingerprint density at radius 3 is 2.78 bits per heavy atom. The van der Waals surface area contributed by atoms with E-state index in [1.54, 1.807) is 6.20 Å². The van der Waals surface area contributed by atoms with Crippen LogP contribution in [0.1, 0.15) is 20.3 Å². The highest BCUT2D eigenvalue weighted by molar-refractivity contribution is 6.33. The Hall–Kier alpha value is -2.99. The fourth-order valence-electron chi connectivity index (χ4n) is 2.53. The molecule has 0 radical (unpaired) electrons. The minimum atomic E-state index is 0.499. The number of anilines is 1. The van der Waals surface area contributed by atoms with Crippen LogP contribution >= 0.6 is 11.6 Å². The molecule has 0 bridgehead atoms. The van der Waals surface area contributed by atoms with Gasteiger partial charge in [0.2, 0.25) is 0 Å². The van der Waals surface area contributed by atoms with Crippen molar-refractivity contribution in [1.29, 1.82) is 0 Å². The van der Waals surface area contributed by atoms with Crippen molar-refractivity contribution in [3.05, 3.63) is 60.0 Å². The molecule has 0 aliphatic heterocycles. The molecule has 2 N–H and O–H groups in total. The van der Waals surface area contributed by atoms with E-state index in [-0.39, 0.29) is 0 Å². The molecule has 1 aromatic carbocycles. The molecule has 0 saturated heterocycles. The normalized spacial score (nSPS) is 11.4. The van der Waals surface area contributed by atoms with E-state index in [1.807, 2.05) is 43.3 Å². The van der Waals surface area contributed by atoms with Crippen LogP contribution in [0.25, 0.3) is 22.4 Å². The number of aromatic nitrogens is 3. The summed E-state index contributed by atoms with van der Waals surface area (Å²) in [5, 5.41) is 7.71. The summed E-state index contributed by atoms with van der Waals surface area (Å²) in [6.07, 6.45) is 2.69. The molecular weight excluding hydrogens is 360 g/mol. The van der Waals surface area contributed by atoms with Gasteiger partial charge >= 0.3 is 0 Å². The molecule has 0 fully saturated rings. The lowest BCUT2D eigenvalue weighted by molar-refractivity contribution is 0.917. The van der Waals surface area contributed by atoms with Gasteiger partial charge in [0.1, 0.15) is 11.6 Å². The molecule has 2 aromatic heterocycles. The van der Waals surface area contributed by atoms with Gasteiger partial charge in [-0.2, -0.15) is 0 Å². The van der Waals surface area contributed by atoms with Crippen molar-refractivity contribution < 1.29 is 0 Å². The van der Waals surface area contributed by atoms with Crippen LogP contribution in [0.3, 0.4) is 0 Å². The first-order valence-corrected chi connectivity index (χ1v) is 9.08. The summed E-state index contributed by atoms with van der Waals surface area (Å²) in [6, 6.07) is 11.2. The van der Waals surface area contributed by atoms with E-state index in [1.165, 1.54) is 0 Å². The molecule has 0 aliphatic carbocycles. The summed E-state index contributed by atoms with van der Waals surface area (Å²) in [5.74, 6) is 2.46. The second-order valence-corrected chi connectivity index (χ2v) is 6.35. The number of rotatable bonds is 6. The predicted octanol–water partition coefficient (Wildman–Crippen LogP) is 4.65. The molecule has 138 valence electrons. The van der Waals surface area contributed by atoms with E-state index in [0.717, 1.165) is 29.8 Å². The molecule has 0 spiro atoms. The molecule has 6 nitrogen and oxygen atoms in total. The second-order valence-electron chi connectivity index (χ2n) is 5.95. The average molecular weight is 381 g/mol. The van der Waals surface area contributed by atoms with Gasteiger partial charge in [0, 0.05) is 18.3 Å². The van der Waals surface area contributed by atoms with Crippen molar-refractivity contribution in [2.45, 2.75) is 20.3 Å². The minimum absolute atomic E-state index is 0.499. The van der Waals surface area contributed by atoms with Gasteiger partial charge in [-0.1, -0.05) is 37.2 Å². The maximum absolute atomic E-state index is 6.32. The van der Waals surface area contributed by atoms with Crippen LogP contribution in [-0.2, 0) is 0 Å². The lowest BCUT2D eigenvalue weighted by Gasteiger charge is -2.14. The number of hydrogen-bond acceptors (Lipinski definition) is 5. The molecular formula is C20H21ClN6. The van der Waals surface area contributed by atoms with Crippen LogP contribution in [0.5, 0.6) is 0 Å². The van der Waals surface area contributed by atoms with Crippen LogP contribution in [0.2, 0.25) is 5.02 Å². The third-order valence-electron chi connectivity index (χ3n) is 3.76. The molecule has 0 aliphatic rings. The highest BCUT2D eigenvalue weighted by Gasteiger charge is 2.13. The number of halogens is 1. The van der Waals surface area contributed by atoms with E-state index in [2.05, 4.69) is 44.1 Å². The van der Waals surface area contributed by atoms with E-state index in [0.29, 0.717) is 28.1 Å². The van der Waals surface area contributed by atoms with Crippen LogP contribution in [-0.4, -0.2) is 27.3 Å². The maximum atomic E-state index is 6.32. The minimum Gasteiger partial charge on any atom is -0.331 e. The first-order chi connectivity index (χ1) is 13.1. The number of fused-ring (bicyclic) bond motifs is 1. The Balaban J connectivity index is 1.97. The highest BCUT2D eigenvalue weighted by atomic mass is 35.5. The fourth-order valence-corrected chi connectivity index (χ4v) is 2.75. The van der Waals surface area contributed by atoms with Crippen molar-refractivity contribution in [3.8, 4) is 11.4 Å².